The standard InChI is InChI=1S/C22H18N4O4/c27-20(23-15-7-8-16-17(11-15)25-22(29)24-16)18-10-13-4-1-2-5-14(13)12-26(18)21(28)19-6-3-9-30-19/h1-9,11,18H,10,12H2,(H,23,27)(H2,24,25,29). The number of carbonyl (C=O) groups is 2. The predicted octanol–water partition coefficient (Wildman–Crippen LogP) is 2.66. The molecular weight excluding hydrogens is 384 g/mol. The van der Waals surface area contributed by atoms with Crippen molar-refractivity contribution in [3.8, 4) is 0 Å². The smallest absolute Gasteiger partial charge is 0.323 e. The molecule has 0 aliphatic carbocycles. The van der Waals surface area contributed by atoms with Crippen LogP contribution in [0.2, 0.25) is 0 Å². The molecule has 4 aromatic rings. The molecule has 1 unspecified atom stereocenters. The van der Waals surface area contributed by atoms with Gasteiger partial charge in [0.2, 0.25) is 5.91 Å². The number of aromatic amines is 2. The van der Waals surface area contributed by atoms with Gasteiger partial charge < -0.3 is 24.6 Å². The summed E-state index contributed by atoms with van der Waals surface area (Å²) >= 11 is 0. The molecule has 2 aromatic heterocycles. The number of imidazole rings is 1. The van der Waals surface area contributed by atoms with E-state index < -0.39 is 6.04 Å². The molecule has 1 aliphatic rings. The normalized spacial score (nSPS) is 15.7. The summed E-state index contributed by atoms with van der Waals surface area (Å²) in [4.78, 5) is 44.5. The number of furan rings is 1. The van der Waals surface area contributed by atoms with Crippen LogP contribution in [0.3, 0.4) is 0 Å². The maximum absolute atomic E-state index is 13.2. The van der Waals surface area contributed by atoms with E-state index in [0.717, 1.165) is 11.1 Å². The minimum atomic E-state index is -0.696. The third-order valence-corrected chi connectivity index (χ3v) is 5.33. The van der Waals surface area contributed by atoms with Gasteiger partial charge in [0.1, 0.15) is 6.04 Å². The lowest BCUT2D eigenvalue weighted by molar-refractivity contribution is -0.121. The van der Waals surface area contributed by atoms with E-state index in [1.165, 1.54) is 11.2 Å². The van der Waals surface area contributed by atoms with Crippen LogP contribution in [0.1, 0.15) is 21.7 Å². The number of hydrogen-bond acceptors (Lipinski definition) is 4. The average molecular weight is 402 g/mol. The summed E-state index contributed by atoms with van der Waals surface area (Å²) in [5.41, 5.74) is 3.51. The van der Waals surface area contributed by atoms with Gasteiger partial charge in [-0.05, 0) is 41.5 Å². The summed E-state index contributed by atoms with van der Waals surface area (Å²) in [6.07, 6.45) is 1.84. The summed E-state index contributed by atoms with van der Waals surface area (Å²) in [7, 11) is 0. The van der Waals surface area contributed by atoms with E-state index in [1.807, 2.05) is 24.3 Å². The molecule has 5 rings (SSSR count). The fourth-order valence-electron chi connectivity index (χ4n) is 3.85. The molecule has 8 heteroatoms. The number of carbonyl (C=O) groups excluding carboxylic acids is 2. The lowest BCUT2D eigenvalue weighted by Gasteiger charge is -2.35. The minimum Gasteiger partial charge on any atom is -0.459 e. The maximum Gasteiger partial charge on any atom is 0.323 e. The highest BCUT2D eigenvalue weighted by Gasteiger charge is 2.36. The molecule has 30 heavy (non-hydrogen) atoms. The van der Waals surface area contributed by atoms with Crippen LogP contribution in [0.15, 0.2) is 70.1 Å². The predicted molar refractivity (Wildman–Crippen MR) is 110 cm³/mol. The van der Waals surface area contributed by atoms with Gasteiger partial charge in [0.25, 0.3) is 5.91 Å². The second-order valence-electron chi connectivity index (χ2n) is 7.23. The first-order chi connectivity index (χ1) is 14.6. The Hall–Kier alpha value is -4.07. The van der Waals surface area contributed by atoms with Gasteiger partial charge in [-0.1, -0.05) is 24.3 Å². The second kappa shape index (κ2) is 7.07. The molecule has 0 fully saturated rings. The number of anilines is 1. The Morgan fingerprint density at radius 2 is 1.80 bits per heavy atom. The highest BCUT2D eigenvalue weighted by atomic mass is 16.3. The van der Waals surface area contributed by atoms with Gasteiger partial charge in [-0.2, -0.15) is 0 Å². The Morgan fingerprint density at radius 3 is 2.60 bits per heavy atom. The van der Waals surface area contributed by atoms with Crippen LogP contribution in [-0.2, 0) is 17.8 Å². The molecule has 3 N–H and O–H groups in total. The molecule has 8 nitrogen and oxygen atoms in total. The number of hydrogen-bond donors (Lipinski definition) is 3. The fraction of sp³-hybridized carbons (Fsp3) is 0.136. The minimum absolute atomic E-state index is 0.193. The third-order valence-electron chi connectivity index (χ3n) is 5.33. The van der Waals surface area contributed by atoms with E-state index in [1.54, 1.807) is 30.3 Å². The van der Waals surface area contributed by atoms with Gasteiger partial charge in [0, 0.05) is 18.7 Å². The zero-order chi connectivity index (χ0) is 20.7. The SMILES string of the molecule is O=C(Nc1ccc2[nH]c(=O)[nH]c2c1)C1Cc2ccccc2CN1C(=O)c1ccco1. The van der Waals surface area contributed by atoms with Crippen LogP contribution in [0.25, 0.3) is 11.0 Å². The summed E-state index contributed by atoms with van der Waals surface area (Å²) in [5, 5.41) is 2.87. The third kappa shape index (κ3) is 3.18. The van der Waals surface area contributed by atoms with Crippen molar-refractivity contribution in [3.05, 3.63) is 88.2 Å². The molecule has 1 atom stereocenters. The van der Waals surface area contributed by atoms with E-state index >= 15 is 0 Å². The molecule has 0 spiro atoms. The van der Waals surface area contributed by atoms with Crippen LogP contribution in [0.4, 0.5) is 5.69 Å². The molecule has 0 saturated heterocycles. The topological polar surface area (TPSA) is 111 Å². The molecule has 1 aliphatic heterocycles. The van der Waals surface area contributed by atoms with Crippen molar-refractivity contribution >= 4 is 28.5 Å². The summed E-state index contributed by atoms with van der Waals surface area (Å²) < 4.78 is 5.27. The van der Waals surface area contributed by atoms with Gasteiger partial charge in [0.15, 0.2) is 5.76 Å². The van der Waals surface area contributed by atoms with Crippen molar-refractivity contribution in [1.29, 1.82) is 0 Å². The number of aromatic nitrogens is 2. The van der Waals surface area contributed by atoms with Crippen molar-refractivity contribution in [3.63, 3.8) is 0 Å². The first-order valence-corrected chi connectivity index (χ1v) is 9.52. The highest BCUT2D eigenvalue weighted by Crippen LogP contribution is 2.26. The Morgan fingerprint density at radius 1 is 1.00 bits per heavy atom. The van der Waals surface area contributed by atoms with Crippen LogP contribution in [0, 0.1) is 0 Å². The van der Waals surface area contributed by atoms with Crippen LogP contribution in [0.5, 0.6) is 0 Å². The van der Waals surface area contributed by atoms with Gasteiger partial charge in [-0.15, -0.1) is 0 Å². The molecule has 3 heterocycles. The summed E-state index contributed by atoms with van der Waals surface area (Å²) in [6, 6.07) is 15.4. The average Bonchev–Trinajstić information content (AvgIpc) is 3.41. The van der Waals surface area contributed by atoms with Crippen LogP contribution < -0.4 is 11.0 Å². The van der Waals surface area contributed by atoms with Crippen molar-refractivity contribution < 1.29 is 14.0 Å². The van der Waals surface area contributed by atoms with Gasteiger partial charge in [-0.3, -0.25) is 9.59 Å². The lowest BCUT2D eigenvalue weighted by atomic mass is 9.93. The first kappa shape index (κ1) is 18.0. The van der Waals surface area contributed by atoms with E-state index in [-0.39, 0.29) is 23.3 Å². The maximum atomic E-state index is 13.2. The number of benzene rings is 2. The molecule has 2 aromatic carbocycles. The molecule has 150 valence electrons. The van der Waals surface area contributed by atoms with Crippen molar-refractivity contribution in [2.24, 2.45) is 0 Å². The zero-order valence-electron chi connectivity index (χ0n) is 15.8. The fourth-order valence-corrected chi connectivity index (χ4v) is 3.85. The van der Waals surface area contributed by atoms with Crippen LogP contribution in [-0.4, -0.2) is 32.7 Å². The van der Waals surface area contributed by atoms with Crippen LogP contribution >= 0.6 is 0 Å². The number of fused-ring (bicyclic) bond motifs is 2. The monoisotopic (exact) mass is 402 g/mol. The van der Waals surface area contributed by atoms with Gasteiger partial charge in [0.05, 0.1) is 17.3 Å². The summed E-state index contributed by atoms with van der Waals surface area (Å²) in [5.74, 6) is -0.444. The Bertz CT molecular complexity index is 1300. The number of nitrogens with zero attached hydrogens (tertiary/aromatic N) is 1. The van der Waals surface area contributed by atoms with Crippen molar-refractivity contribution in [2.45, 2.75) is 19.0 Å². The molecule has 0 bridgehead atoms. The van der Waals surface area contributed by atoms with Gasteiger partial charge >= 0.3 is 5.69 Å². The molecule has 0 saturated carbocycles. The van der Waals surface area contributed by atoms with Gasteiger partial charge in [-0.25, -0.2) is 4.79 Å². The van der Waals surface area contributed by atoms with E-state index in [0.29, 0.717) is 29.7 Å². The highest BCUT2D eigenvalue weighted by molar-refractivity contribution is 6.01. The summed E-state index contributed by atoms with van der Waals surface area (Å²) in [6.45, 7) is 0.317. The zero-order valence-corrected chi connectivity index (χ0v) is 15.8. The Kier molecular flexibility index (Phi) is 4.24. The largest absolute Gasteiger partial charge is 0.459 e. The Balaban J connectivity index is 1.46. The second-order valence-corrected chi connectivity index (χ2v) is 7.23. The number of nitrogens with one attached hydrogen (secondary N) is 3. The first-order valence-electron chi connectivity index (χ1n) is 9.52. The molecule has 0 radical (unpaired) electrons. The number of amides is 2. The Labute approximate surface area is 170 Å². The quantitative estimate of drug-likeness (QED) is 0.489. The van der Waals surface area contributed by atoms with E-state index in [9.17, 15) is 14.4 Å². The number of H-pyrrole nitrogens is 2. The lowest BCUT2D eigenvalue weighted by Crippen LogP contribution is -2.50. The molecule has 2 amide bonds. The number of rotatable bonds is 3. The molecular formula is C22H18N4O4. The van der Waals surface area contributed by atoms with Crippen molar-refractivity contribution in [1.82, 2.24) is 14.9 Å². The van der Waals surface area contributed by atoms with E-state index in [2.05, 4.69) is 15.3 Å². The van der Waals surface area contributed by atoms with E-state index in [4.69, 9.17) is 4.42 Å². The van der Waals surface area contributed by atoms with Crippen molar-refractivity contribution in [2.75, 3.05) is 5.32 Å².